The van der Waals surface area contributed by atoms with Gasteiger partial charge in [0.05, 0.1) is 57.6 Å². The van der Waals surface area contributed by atoms with Crippen molar-refractivity contribution in [3.63, 3.8) is 0 Å². The largest absolute Gasteiger partial charge is 0.508 e. The van der Waals surface area contributed by atoms with Crippen LogP contribution in [-0.4, -0.2) is 280 Å². The minimum atomic E-state index is -1.54. The molecule has 3 fully saturated rings. The van der Waals surface area contributed by atoms with E-state index in [0.29, 0.717) is 77.0 Å². The summed E-state index contributed by atoms with van der Waals surface area (Å²) in [6.07, 6.45) is -10.0. The van der Waals surface area contributed by atoms with Crippen molar-refractivity contribution in [2.45, 2.75) is 189 Å². The van der Waals surface area contributed by atoms with Gasteiger partial charge in [-0.2, -0.15) is 0 Å². The normalized spacial score (nSPS) is 22.6. The number of nitrogens with one attached hydrogen (secondary N) is 15. The van der Waals surface area contributed by atoms with Gasteiger partial charge in [-0.3, -0.25) is 45.0 Å². The smallest absolute Gasteiger partial charge is 0.477 e. The molecule has 660 valence electrons. The van der Waals surface area contributed by atoms with Crippen LogP contribution >= 0.6 is 0 Å². The van der Waals surface area contributed by atoms with Crippen molar-refractivity contribution < 1.29 is 143 Å². The van der Waals surface area contributed by atoms with Crippen molar-refractivity contribution in [3.05, 3.63) is 70.4 Å². The van der Waals surface area contributed by atoms with E-state index in [4.69, 9.17) is 104 Å². The fourth-order valence-electron chi connectivity index (χ4n) is 13.2. The Morgan fingerprint density at radius 3 is 0.800 bits per heavy atom. The highest BCUT2D eigenvalue weighted by Gasteiger charge is 2.54. The summed E-state index contributed by atoms with van der Waals surface area (Å²) in [5, 5.41) is 55.5. The van der Waals surface area contributed by atoms with E-state index in [2.05, 4.69) is 63.8 Å². The van der Waals surface area contributed by atoms with Gasteiger partial charge >= 0.3 is 54.7 Å². The molecular weight excluding hydrogens is 1600 g/mol. The Balaban J connectivity index is 0.925. The number of nitrogens with two attached hydrogens (primary N) is 3. The van der Waals surface area contributed by atoms with Crippen LogP contribution in [0.4, 0.5) is 28.8 Å². The summed E-state index contributed by atoms with van der Waals surface area (Å²) in [5.41, 5.74) is 16.8. The number of rotatable bonds is 42. The number of hydrogen-bond acceptors (Lipinski definition) is 33. The van der Waals surface area contributed by atoms with Crippen molar-refractivity contribution in [2.24, 2.45) is 17.2 Å². The Hall–Kier alpha value is -13.5. The monoisotopic (exact) mass is 1700 g/mol. The molecule has 120 heavy (non-hydrogen) atoms. The van der Waals surface area contributed by atoms with E-state index in [1.54, 1.807) is 0 Å². The molecule has 7 rings (SSSR count). The number of esters is 3. The van der Waals surface area contributed by atoms with E-state index in [1.807, 2.05) is 0 Å². The molecule has 0 bridgehead atoms. The Bertz CT molecular complexity index is 3630. The maximum atomic E-state index is 13.9. The number of unbranched alkanes of at least 4 members (excludes halogenated alkanes) is 9. The second-order valence-corrected chi connectivity index (χ2v) is 27.6. The predicted octanol–water partition coefficient (Wildman–Crippen LogP) is -2.12. The lowest BCUT2D eigenvalue weighted by Crippen LogP contribution is -2.64. The Morgan fingerprint density at radius 2 is 0.600 bits per heavy atom. The number of ether oxygens (including phenoxy) is 15. The molecule has 6 aliphatic heterocycles. The standard InChI is InChI=1S/C72H102N18O30/c1-34(91)85-49-40(88-64(73)74)28-43(61(97)106-4)112-55(49)52(46-31-109-70(103)115-46)118-67(100)82-22-16-10-7-13-19-79-58(94)37-25-38(59(95)80-20-14-8-11-17-23-83-68(101)119-53(47-32-110-71(104)116-47)56-50(86-35(2)92)41(89-65(75)76)29-44(113-56)62(98)107-5)27-39(26-37)60(96)81-21-15-9-12-18-24-84-69(102)120-54(48-33-111-72(105)117-48)57-51(87-36(3)93)42(90-66(77)78)30-45(114-57)63(99)108-6/h25-30,40-42,46-57H,7-24,31-33H2,1-6H3,(H,79,94)(H,80,95)(H,81,96)(H,82,100)(H,83,101)(H,84,102)(H,85,91)(H,86,92)(H,87,93)(H4,73,74,88)(H4,75,76,89)(H4,77,78,90)/t40-,41-,42-,46+,47+,48?,49+,50+,51+,52+,53+,54+,55+,56+,57+/m0/s1. The number of benzene rings is 1. The number of guanidine groups is 3. The first kappa shape index (κ1) is 93.7. The molecule has 1 aromatic rings. The number of hydrogen-bond donors (Lipinski definition) is 18. The topological polar surface area (TPSA) is 688 Å². The zero-order valence-electron chi connectivity index (χ0n) is 66.5. The van der Waals surface area contributed by atoms with Gasteiger partial charge in [0.2, 0.25) is 35.0 Å². The molecule has 48 nitrogen and oxygen atoms in total. The van der Waals surface area contributed by atoms with E-state index in [-0.39, 0.29) is 56.0 Å². The molecule has 0 saturated carbocycles. The number of carbonyl (C=O) groups is 15. The lowest BCUT2D eigenvalue weighted by molar-refractivity contribution is -0.148. The third-order valence-corrected chi connectivity index (χ3v) is 18.6. The van der Waals surface area contributed by atoms with E-state index in [1.165, 1.54) is 57.2 Å². The van der Waals surface area contributed by atoms with Crippen LogP contribution in [0, 0.1) is 16.2 Å². The molecule has 1 unspecified atom stereocenters. The molecule has 48 heteroatoms. The first-order valence-corrected chi connectivity index (χ1v) is 38.1. The van der Waals surface area contributed by atoms with Crippen molar-refractivity contribution in [2.75, 3.05) is 80.4 Å². The zero-order chi connectivity index (χ0) is 87.7. The van der Waals surface area contributed by atoms with E-state index >= 15 is 0 Å². The quantitative estimate of drug-likeness (QED) is 0.0109. The average Bonchev–Trinajstić information content (AvgIpc) is 1.39. The van der Waals surface area contributed by atoms with Gasteiger partial charge in [-0.15, -0.1) is 0 Å². The first-order chi connectivity index (χ1) is 57.2. The van der Waals surface area contributed by atoms with Gasteiger partial charge in [-0.25, -0.2) is 43.2 Å². The van der Waals surface area contributed by atoms with Crippen LogP contribution in [0.1, 0.15) is 129 Å². The lowest BCUT2D eigenvalue weighted by atomic mass is 9.91. The predicted molar refractivity (Wildman–Crippen MR) is 407 cm³/mol. The summed E-state index contributed by atoms with van der Waals surface area (Å²) in [6.45, 7) is 2.85. The van der Waals surface area contributed by atoms with Crippen LogP contribution in [-0.2, 0) is 99.8 Å². The molecule has 3 saturated heterocycles. The number of amides is 9. The highest BCUT2D eigenvalue weighted by molar-refractivity contribution is 6.04. The van der Waals surface area contributed by atoms with Gasteiger partial charge in [-0.1, -0.05) is 38.5 Å². The van der Waals surface area contributed by atoms with Crippen molar-refractivity contribution in [3.8, 4) is 0 Å². The summed E-state index contributed by atoms with van der Waals surface area (Å²) in [5.74, 6) is -9.44. The minimum Gasteiger partial charge on any atom is -0.477 e. The third kappa shape index (κ3) is 29.0. The van der Waals surface area contributed by atoms with Crippen molar-refractivity contribution in [1.29, 1.82) is 16.2 Å². The van der Waals surface area contributed by atoms with Crippen LogP contribution in [0.25, 0.3) is 0 Å². The number of alkyl carbamates (subject to hydrolysis) is 3. The highest BCUT2D eigenvalue weighted by atomic mass is 16.8. The highest BCUT2D eigenvalue weighted by Crippen LogP contribution is 2.33. The van der Waals surface area contributed by atoms with Crippen molar-refractivity contribution in [1.82, 2.24) is 63.8 Å². The molecule has 0 radical (unpaired) electrons. The molecule has 0 aliphatic carbocycles. The summed E-state index contributed by atoms with van der Waals surface area (Å²) >= 11 is 0. The number of carbonyl (C=O) groups excluding carboxylic acids is 15. The number of methoxy groups -OCH3 is 3. The van der Waals surface area contributed by atoms with Gasteiger partial charge in [0.25, 0.3) is 17.7 Å². The molecule has 6 aliphatic rings. The molecule has 1 aromatic carbocycles. The molecule has 21 N–H and O–H groups in total. The number of cyclic esters (lactones) is 6. The van der Waals surface area contributed by atoms with Crippen LogP contribution in [0.2, 0.25) is 0 Å². The first-order valence-electron chi connectivity index (χ1n) is 38.1. The third-order valence-electron chi connectivity index (χ3n) is 18.6. The van der Waals surface area contributed by atoms with Gasteiger partial charge in [-0.05, 0) is 75.0 Å². The van der Waals surface area contributed by atoms with Crippen LogP contribution < -0.4 is 81.0 Å². The zero-order valence-corrected chi connectivity index (χ0v) is 66.5. The average molecular weight is 1700 g/mol. The SMILES string of the molecule is COC(=O)C1=C[C@H](NC(=N)N)[C@@H](NC(C)=O)[C@H]([C@H](OC(=O)NCCCCCCNC(=O)c2cc(C(=O)NCCCCCCNC(=O)O[C@@H]([C@@H]3OC(C(=O)OC)=C[C@H](NC(=N)N)[C@H]3NC(C)=O)[C@H]3COC(=O)O3)cc(C(=O)NCCCCCCNC(=O)O[C@H](C3COC(=O)O3)[C@@H]3OC(C(=O)OC)=C[C@H](NC(=N)N)[C@H]3NC(C)=O)c2)[C@H]2COC(=O)O2)O1. The summed E-state index contributed by atoms with van der Waals surface area (Å²) < 4.78 is 80.2. The van der Waals surface area contributed by atoms with Crippen molar-refractivity contribution >= 4 is 108 Å². The summed E-state index contributed by atoms with van der Waals surface area (Å²) in [6, 6.07) is -2.90. The Kier molecular flexibility index (Phi) is 36.2. The summed E-state index contributed by atoms with van der Waals surface area (Å²) in [7, 11) is 3.23. The van der Waals surface area contributed by atoms with Gasteiger partial charge in [0.1, 0.15) is 19.8 Å². The van der Waals surface area contributed by atoms with E-state index in [9.17, 15) is 71.9 Å². The Labute approximate surface area is 685 Å². The van der Waals surface area contributed by atoms with Gasteiger partial charge in [0.15, 0.2) is 72.8 Å². The maximum Gasteiger partial charge on any atom is 0.508 e. The van der Waals surface area contributed by atoms with E-state index in [0.717, 1.165) is 21.3 Å². The molecule has 0 aromatic heterocycles. The molecule has 6 heterocycles. The van der Waals surface area contributed by atoms with E-state index < -0.39 is 236 Å². The minimum absolute atomic E-state index is 0.0330. The fourth-order valence-corrected chi connectivity index (χ4v) is 13.2. The van der Waals surface area contributed by atoms with Gasteiger partial charge < -0.3 is 152 Å². The second-order valence-electron chi connectivity index (χ2n) is 27.6. The lowest BCUT2D eigenvalue weighted by Gasteiger charge is -2.41. The molecule has 15 atom stereocenters. The molecule has 0 spiro atoms. The maximum absolute atomic E-state index is 13.9. The van der Waals surface area contributed by atoms with Crippen LogP contribution in [0.15, 0.2) is 53.7 Å². The van der Waals surface area contributed by atoms with Crippen LogP contribution in [0.3, 0.4) is 0 Å². The molecule has 9 amide bonds. The molecular formula is C72H102N18O30. The van der Waals surface area contributed by atoms with Gasteiger partial charge in [0, 0.05) is 76.7 Å². The fraction of sp³-hybridized carbons (Fsp3) is 0.583. The Morgan fingerprint density at radius 1 is 0.367 bits per heavy atom. The van der Waals surface area contributed by atoms with Crippen LogP contribution in [0.5, 0.6) is 0 Å². The second kappa shape index (κ2) is 46.4. The summed E-state index contributed by atoms with van der Waals surface area (Å²) in [4.78, 5) is 194.